The summed E-state index contributed by atoms with van der Waals surface area (Å²) in [5.41, 5.74) is 1.28. The van der Waals surface area contributed by atoms with E-state index in [-0.39, 0.29) is 44.0 Å². The molecule has 3 rings (SSSR count). The number of hydrogen-bond acceptors (Lipinski definition) is 8. The normalized spacial score (nSPS) is 17.4. The second-order valence-electron chi connectivity index (χ2n) is 14.9. The van der Waals surface area contributed by atoms with Crippen molar-refractivity contribution >= 4 is 28.9 Å². The Morgan fingerprint density at radius 1 is 0.734 bits per heavy atom. The predicted molar refractivity (Wildman–Crippen MR) is 190 cm³/mol. The average Bonchev–Trinajstić information content (AvgIpc) is 3.55. The quantitative estimate of drug-likeness (QED) is 0.0691. The van der Waals surface area contributed by atoms with Crippen molar-refractivity contribution in [3.63, 3.8) is 0 Å². The molecule has 64 heavy (non-hydrogen) atoms. The lowest BCUT2D eigenvalue weighted by molar-refractivity contribution is -0.461. The number of benzene rings is 2. The monoisotopic (exact) mass is 957 g/mol. The molecule has 0 bridgehead atoms. The van der Waals surface area contributed by atoms with Crippen LogP contribution in [0.2, 0.25) is 0 Å². The minimum Gasteiger partial charge on any atom is -0.379 e. The number of azo groups is 1. The molecule has 2 aromatic carbocycles. The highest BCUT2D eigenvalue weighted by Crippen LogP contribution is 2.64. The number of carbonyl (C=O) groups excluding carboxylic acids is 2. The van der Waals surface area contributed by atoms with Gasteiger partial charge in [0.05, 0.1) is 30.5 Å². The molecule has 0 aliphatic carbocycles. The lowest BCUT2D eigenvalue weighted by Crippen LogP contribution is -2.74. The van der Waals surface area contributed by atoms with Crippen molar-refractivity contribution in [1.29, 1.82) is 0 Å². The number of alkyl halides is 17. The summed E-state index contributed by atoms with van der Waals surface area (Å²) in [6, 6.07) is 11.6. The molecule has 1 saturated heterocycles. The summed E-state index contributed by atoms with van der Waals surface area (Å²) in [7, 11) is 3.62. The molecule has 1 aliphatic heterocycles. The zero-order chi connectivity index (χ0) is 49.0. The van der Waals surface area contributed by atoms with Crippen LogP contribution >= 0.6 is 0 Å². The number of nitrogens with zero attached hydrogens (tertiary/aromatic N) is 3. The molecular formula is C37H40F17N5O5. The summed E-state index contributed by atoms with van der Waals surface area (Å²) < 4.78 is 251. The number of ether oxygens (including phenoxy) is 3. The number of halogens is 17. The van der Waals surface area contributed by atoms with Gasteiger partial charge in [0, 0.05) is 51.5 Å². The number of rotatable bonds is 22. The molecule has 362 valence electrons. The maximum Gasteiger partial charge on any atom is 0.460 e. The largest absolute Gasteiger partial charge is 0.460 e. The highest BCUT2D eigenvalue weighted by atomic mass is 19.4. The van der Waals surface area contributed by atoms with E-state index >= 15 is 0 Å². The first-order valence-electron chi connectivity index (χ1n) is 18.5. The van der Waals surface area contributed by atoms with Crippen LogP contribution in [0.15, 0.2) is 58.8 Å². The smallest absolute Gasteiger partial charge is 0.379 e. The van der Waals surface area contributed by atoms with E-state index in [2.05, 4.69) is 20.9 Å². The molecule has 10 nitrogen and oxygen atoms in total. The maximum absolute atomic E-state index is 14.9. The molecule has 0 radical (unpaired) electrons. The molecule has 2 N–H and O–H groups in total. The first-order valence-corrected chi connectivity index (χ1v) is 18.5. The molecule has 1 fully saturated rings. The van der Waals surface area contributed by atoms with Gasteiger partial charge in [-0.2, -0.15) is 84.9 Å². The van der Waals surface area contributed by atoms with E-state index in [9.17, 15) is 84.2 Å². The zero-order valence-corrected chi connectivity index (χ0v) is 33.7. The van der Waals surface area contributed by atoms with Crippen molar-refractivity contribution in [3.8, 4) is 0 Å². The lowest BCUT2D eigenvalue weighted by atomic mass is 9.87. The first-order chi connectivity index (χ1) is 29.1. The van der Waals surface area contributed by atoms with Crippen LogP contribution in [0, 0.1) is 5.92 Å². The van der Waals surface area contributed by atoms with Gasteiger partial charge in [0.1, 0.15) is 6.10 Å². The van der Waals surface area contributed by atoms with Gasteiger partial charge in [-0.3, -0.25) is 9.59 Å². The van der Waals surface area contributed by atoms with Crippen LogP contribution in [0.4, 0.5) is 91.7 Å². The molecule has 1 heterocycles. The molecule has 27 heteroatoms. The van der Waals surface area contributed by atoms with Crippen molar-refractivity contribution in [2.45, 2.75) is 92.6 Å². The second kappa shape index (κ2) is 19.5. The van der Waals surface area contributed by atoms with Gasteiger partial charge >= 0.3 is 47.6 Å². The Morgan fingerprint density at radius 3 is 1.69 bits per heavy atom. The van der Waals surface area contributed by atoms with Crippen LogP contribution in [0.5, 0.6) is 0 Å². The number of anilines is 1. The van der Waals surface area contributed by atoms with Crippen LogP contribution in [-0.4, -0.2) is 118 Å². The molecule has 2 atom stereocenters. The second-order valence-corrected chi connectivity index (χ2v) is 14.9. The Kier molecular flexibility index (Phi) is 16.4. The third kappa shape index (κ3) is 11.5. The van der Waals surface area contributed by atoms with Crippen molar-refractivity contribution in [2.24, 2.45) is 16.1 Å². The molecule has 2 unspecified atom stereocenters. The topological polar surface area (TPSA) is 114 Å². The predicted octanol–water partition coefficient (Wildman–Crippen LogP) is 9.98. The van der Waals surface area contributed by atoms with Crippen LogP contribution < -0.4 is 15.5 Å². The Labute approximate surface area is 352 Å². The molecule has 0 aromatic heterocycles. The highest BCUT2D eigenvalue weighted by Gasteiger charge is 2.95. The van der Waals surface area contributed by atoms with Gasteiger partial charge in [-0.05, 0) is 75.2 Å². The third-order valence-electron chi connectivity index (χ3n) is 9.39. The number of amides is 2. The van der Waals surface area contributed by atoms with Crippen LogP contribution in [0.3, 0.4) is 0 Å². The van der Waals surface area contributed by atoms with E-state index in [1.165, 1.54) is 12.1 Å². The summed E-state index contributed by atoms with van der Waals surface area (Å²) in [6.07, 6.45) is -13.1. The van der Waals surface area contributed by atoms with E-state index in [0.29, 0.717) is 5.69 Å². The fourth-order valence-corrected chi connectivity index (χ4v) is 5.56. The number of carbonyl (C=O) groups is 2. The Bertz CT molecular complexity index is 1910. The lowest BCUT2D eigenvalue weighted by Gasteiger charge is -2.43. The van der Waals surface area contributed by atoms with Crippen molar-refractivity contribution in [1.82, 2.24) is 10.6 Å². The van der Waals surface area contributed by atoms with Crippen molar-refractivity contribution in [2.75, 3.05) is 51.9 Å². The van der Waals surface area contributed by atoms with Crippen LogP contribution in [-0.2, 0) is 19.0 Å². The minimum atomic E-state index is -8.77. The molecule has 0 spiro atoms. The van der Waals surface area contributed by atoms with Gasteiger partial charge < -0.3 is 29.7 Å². The van der Waals surface area contributed by atoms with E-state index in [1.54, 1.807) is 38.1 Å². The average molecular weight is 958 g/mol. The van der Waals surface area contributed by atoms with Crippen LogP contribution in [0.1, 0.15) is 43.5 Å². The summed E-state index contributed by atoms with van der Waals surface area (Å²) in [5, 5.41) is 12.2. The summed E-state index contributed by atoms with van der Waals surface area (Å²) in [5.74, 6) is -63.1. The number of nitrogens with one attached hydrogen (secondary N) is 2. The number of hydrogen-bond donors (Lipinski definition) is 2. The van der Waals surface area contributed by atoms with Gasteiger partial charge in [-0.25, -0.2) is 0 Å². The van der Waals surface area contributed by atoms with Gasteiger partial charge in [0.15, 0.2) is 5.79 Å². The first kappa shape index (κ1) is 53.8. The SMILES string of the molecule is CN(C)c1ccc(/N=N/c2ccc(C(=O)NCC(CCC(F)(F)C(F)(F)C(F)(F)C(F)(F)C(F)(F)C(F)(F)C(F)(F)C(F)(F)F)C(=O)NCCCOCC3COC(C)(C)O3)cc2)cc1. The molecular weight excluding hydrogens is 917 g/mol. The van der Waals surface area contributed by atoms with Gasteiger partial charge in [0.2, 0.25) is 5.91 Å². The van der Waals surface area contributed by atoms with Crippen LogP contribution in [0.25, 0.3) is 0 Å². The van der Waals surface area contributed by atoms with Gasteiger partial charge in [-0.15, -0.1) is 0 Å². The van der Waals surface area contributed by atoms with E-state index < -0.39 is 96.6 Å². The fraction of sp³-hybridized carbons (Fsp3) is 0.622. The Morgan fingerprint density at radius 2 is 1.22 bits per heavy atom. The Hall–Kier alpha value is -4.53. The molecule has 2 aromatic rings. The third-order valence-corrected chi connectivity index (χ3v) is 9.39. The summed E-state index contributed by atoms with van der Waals surface area (Å²) >= 11 is 0. The Balaban J connectivity index is 1.78. The summed E-state index contributed by atoms with van der Waals surface area (Å²) in [4.78, 5) is 27.7. The standard InChI is InChI=1S/C37H40F17N5O5/c1-29(2)63-20-26(64-29)19-62-17-5-16-55-28(61)22(18-56-27(60)21-6-8-23(9-7-21)57-58-24-10-12-25(13-11-24)59(3)4)14-15-30(38,39)31(40,41)32(42,43)33(44,45)34(46,47)35(48,49)36(50,51)37(52,53)54/h6-13,22,26H,5,14-20H2,1-4H3,(H,55,61)(H,56,60)/b58-57+. The van der Waals surface area contributed by atoms with Crippen molar-refractivity contribution in [3.05, 3.63) is 54.1 Å². The van der Waals surface area contributed by atoms with Crippen molar-refractivity contribution < 1.29 is 98.4 Å². The van der Waals surface area contributed by atoms with Gasteiger partial charge in [0.25, 0.3) is 5.91 Å². The maximum atomic E-state index is 14.9. The summed E-state index contributed by atoms with van der Waals surface area (Å²) in [6.45, 7) is 1.83. The molecule has 1 aliphatic rings. The minimum absolute atomic E-state index is 0.00200. The van der Waals surface area contributed by atoms with E-state index in [1.807, 2.05) is 19.0 Å². The van der Waals surface area contributed by atoms with Gasteiger partial charge in [-0.1, -0.05) is 0 Å². The van der Waals surface area contributed by atoms with E-state index in [4.69, 9.17) is 14.2 Å². The highest BCUT2D eigenvalue weighted by molar-refractivity contribution is 5.94. The molecule has 2 amide bonds. The van der Waals surface area contributed by atoms with E-state index in [0.717, 1.165) is 17.8 Å². The molecule has 0 saturated carbocycles. The zero-order valence-electron chi connectivity index (χ0n) is 33.7. The fourth-order valence-electron chi connectivity index (χ4n) is 5.56.